The molecule has 5 aromatic rings. The zero-order valence-corrected chi connectivity index (χ0v) is 23.8. The van der Waals surface area contributed by atoms with Gasteiger partial charge in [-0.2, -0.15) is 4.68 Å². The summed E-state index contributed by atoms with van der Waals surface area (Å²) in [5.41, 5.74) is 4.41. The second kappa shape index (κ2) is 10.9. The normalized spacial score (nSPS) is 15.7. The molecule has 0 spiro atoms. The first-order valence-corrected chi connectivity index (χ1v) is 14.1. The van der Waals surface area contributed by atoms with Crippen LogP contribution in [0.1, 0.15) is 50.7 Å². The van der Waals surface area contributed by atoms with Crippen LogP contribution in [0.25, 0.3) is 28.1 Å². The number of carboxylic acids is 1. The van der Waals surface area contributed by atoms with Crippen LogP contribution in [0.15, 0.2) is 71.9 Å². The van der Waals surface area contributed by atoms with Gasteiger partial charge in [-0.3, -0.25) is 4.79 Å². The number of H-pyrrole nitrogens is 1. The van der Waals surface area contributed by atoms with E-state index in [4.69, 9.17) is 11.6 Å². The minimum Gasteiger partial charge on any atom is -0.480 e. The highest BCUT2D eigenvalue weighted by atomic mass is 35.5. The fourth-order valence-corrected chi connectivity index (χ4v) is 5.82. The molecule has 0 fully saturated rings. The molecule has 42 heavy (non-hydrogen) atoms. The van der Waals surface area contributed by atoms with Gasteiger partial charge in [0.05, 0.1) is 23.6 Å². The van der Waals surface area contributed by atoms with Crippen LogP contribution in [0.3, 0.4) is 0 Å². The van der Waals surface area contributed by atoms with Crippen LogP contribution in [0, 0.1) is 0 Å². The summed E-state index contributed by atoms with van der Waals surface area (Å²) in [7, 11) is 0. The minimum absolute atomic E-state index is 0.130. The van der Waals surface area contributed by atoms with E-state index in [1.54, 1.807) is 34.5 Å². The summed E-state index contributed by atoms with van der Waals surface area (Å²) in [4.78, 5) is 33.3. The smallest absolute Gasteiger partial charge is 0.329 e. The lowest BCUT2D eigenvalue weighted by Crippen LogP contribution is -2.43. The number of imidazole rings is 1. The number of tetrazole rings is 1. The van der Waals surface area contributed by atoms with E-state index in [-0.39, 0.29) is 11.6 Å². The second-order valence-electron chi connectivity index (χ2n) is 10.7. The number of benzene rings is 2. The van der Waals surface area contributed by atoms with Gasteiger partial charge >= 0.3 is 5.97 Å². The van der Waals surface area contributed by atoms with E-state index in [0.29, 0.717) is 23.7 Å². The predicted molar refractivity (Wildman–Crippen MR) is 159 cm³/mol. The molecule has 0 aliphatic carbocycles. The summed E-state index contributed by atoms with van der Waals surface area (Å²) >= 11 is 6.32. The fourth-order valence-electron chi connectivity index (χ4n) is 5.65. The number of aliphatic carboxylic acids is 1. The van der Waals surface area contributed by atoms with Crippen molar-refractivity contribution in [3.05, 3.63) is 94.0 Å². The zero-order chi connectivity index (χ0) is 29.4. The molecule has 3 N–H and O–H groups in total. The number of halogens is 1. The molecule has 4 heterocycles. The Morgan fingerprint density at radius 1 is 1.17 bits per heavy atom. The van der Waals surface area contributed by atoms with Crippen LogP contribution >= 0.6 is 11.6 Å². The lowest BCUT2D eigenvalue weighted by molar-refractivity contribution is -0.141. The summed E-state index contributed by atoms with van der Waals surface area (Å²) in [6, 6.07) is 16.4. The number of carbonyl (C=O) groups is 1. The topological polar surface area (TPSA) is 144 Å². The Balaban J connectivity index is 1.26. The number of aryl methyl sites for hydroxylation is 1. The van der Waals surface area contributed by atoms with Crippen molar-refractivity contribution < 1.29 is 9.90 Å². The number of carboxylic acid groups (broad SMARTS) is 1. The molecular formula is C30H29ClN8O3. The van der Waals surface area contributed by atoms with Gasteiger partial charge in [-0.05, 0) is 84.1 Å². The lowest BCUT2D eigenvalue weighted by Gasteiger charge is -2.27. The molecule has 1 unspecified atom stereocenters. The summed E-state index contributed by atoms with van der Waals surface area (Å²) in [6.45, 7) is 3.66. The molecule has 1 aliphatic rings. The maximum absolute atomic E-state index is 13.5. The molecule has 3 aromatic heterocycles. The molecule has 0 amide bonds. The monoisotopic (exact) mass is 584 g/mol. The van der Waals surface area contributed by atoms with Gasteiger partial charge in [0.25, 0.3) is 5.56 Å². The summed E-state index contributed by atoms with van der Waals surface area (Å²) in [6.07, 6.45) is 5.97. The van der Waals surface area contributed by atoms with Crippen molar-refractivity contribution >= 4 is 23.3 Å². The van der Waals surface area contributed by atoms with E-state index in [2.05, 4.69) is 30.8 Å². The Bertz CT molecular complexity index is 1810. The standard InChI is InChI=1S/C30H29ClN8O3/c1-3-12-30(2,29(41)42)35-21-7-4-18(5-8-21)24-16-32-28(34-24)26-11-9-22-13-19(14-27(40)39(22)26)23-15-20(31)6-10-25(23)38-17-33-36-37-38/h4-8,10,13-17,26,35H,3,9,11-12H2,1-2H3,(H,32,34)(H,41,42)/t26-,30?/m0/s1. The number of aromatic amines is 1. The van der Waals surface area contributed by atoms with Crippen molar-refractivity contribution in [2.24, 2.45) is 0 Å². The van der Waals surface area contributed by atoms with E-state index in [1.807, 2.05) is 49.4 Å². The first kappa shape index (κ1) is 27.4. The zero-order valence-electron chi connectivity index (χ0n) is 23.1. The van der Waals surface area contributed by atoms with E-state index >= 15 is 0 Å². The Labute approximate surface area is 246 Å². The molecule has 214 valence electrons. The van der Waals surface area contributed by atoms with Gasteiger partial charge in [0.15, 0.2) is 0 Å². The molecule has 1 aliphatic heterocycles. The van der Waals surface area contributed by atoms with Gasteiger partial charge in [-0.15, -0.1) is 5.10 Å². The quantitative estimate of drug-likeness (QED) is 0.216. The van der Waals surface area contributed by atoms with Crippen molar-refractivity contribution in [2.45, 2.75) is 51.1 Å². The first-order valence-electron chi connectivity index (χ1n) is 13.7. The highest BCUT2D eigenvalue weighted by Gasteiger charge is 2.32. The van der Waals surface area contributed by atoms with Crippen LogP contribution in [-0.2, 0) is 11.2 Å². The minimum atomic E-state index is -1.04. The van der Waals surface area contributed by atoms with Gasteiger partial charge in [-0.25, -0.2) is 9.78 Å². The Hall–Kier alpha value is -4.77. The second-order valence-corrected chi connectivity index (χ2v) is 11.1. The number of rotatable bonds is 9. The Morgan fingerprint density at radius 2 is 1.98 bits per heavy atom. The lowest BCUT2D eigenvalue weighted by atomic mass is 9.95. The van der Waals surface area contributed by atoms with E-state index in [0.717, 1.165) is 52.3 Å². The number of aromatic nitrogens is 7. The van der Waals surface area contributed by atoms with Crippen molar-refractivity contribution in [1.29, 1.82) is 0 Å². The van der Waals surface area contributed by atoms with Crippen LogP contribution in [-0.4, -0.2) is 51.4 Å². The molecule has 0 saturated carbocycles. The molecule has 0 saturated heterocycles. The molecule has 0 bridgehead atoms. The number of anilines is 1. The number of fused-ring (bicyclic) bond motifs is 1. The highest BCUT2D eigenvalue weighted by Crippen LogP contribution is 2.34. The summed E-state index contributed by atoms with van der Waals surface area (Å²) in [5.74, 6) is -0.175. The van der Waals surface area contributed by atoms with E-state index in [9.17, 15) is 14.7 Å². The maximum atomic E-state index is 13.5. The number of pyridine rings is 1. The molecule has 12 heteroatoms. The van der Waals surface area contributed by atoms with Crippen molar-refractivity contribution in [1.82, 2.24) is 34.7 Å². The van der Waals surface area contributed by atoms with E-state index < -0.39 is 11.5 Å². The Morgan fingerprint density at radius 3 is 2.69 bits per heavy atom. The molecule has 2 aromatic carbocycles. The third-order valence-electron chi connectivity index (χ3n) is 7.75. The number of hydrogen-bond donors (Lipinski definition) is 3. The van der Waals surface area contributed by atoms with Gasteiger partial charge in [0.1, 0.15) is 17.7 Å². The molecular weight excluding hydrogens is 556 g/mol. The summed E-state index contributed by atoms with van der Waals surface area (Å²) in [5, 5.41) is 24.8. The number of hydrogen-bond acceptors (Lipinski definition) is 7. The average molecular weight is 585 g/mol. The Kier molecular flexibility index (Phi) is 7.11. The molecule has 0 radical (unpaired) electrons. The SMILES string of the molecule is CCCC(C)(Nc1ccc(-c2cnc([C@@H]3CCc4cc(-c5cc(Cl)ccc5-n5cnnn5)cc(=O)n43)[nH]2)cc1)C(=O)O. The molecule has 6 rings (SSSR count). The van der Waals surface area contributed by atoms with Crippen LogP contribution in [0.4, 0.5) is 5.69 Å². The van der Waals surface area contributed by atoms with Crippen molar-refractivity contribution in [3.63, 3.8) is 0 Å². The van der Waals surface area contributed by atoms with Gasteiger partial charge in [-0.1, -0.05) is 37.1 Å². The maximum Gasteiger partial charge on any atom is 0.329 e. The highest BCUT2D eigenvalue weighted by molar-refractivity contribution is 6.31. The van der Waals surface area contributed by atoms with Gasteiger partial charge in [0, 0.05) is 28.0 Å². The number of nitrogens with one attached hydrogen (secondary N) is 2. The predicted octanol–water partition coefficient (Wildman–Crippen LogP) is 5.13. The first-order chi connectivity index (χ1) is 20.3. The largest absolute Gasteiger partial charge is 0.480 e. The third kappa shape index (κ3) is 5.07. The van der Waals surface area contributed by atoms with Gasteiger partial charge < -0.3 is 20.0 Å². The molecule has 2 atom stereocenters. The van der Waals surface area contributed by atoms with E-state index in [1.165, 1.54) is 6.33 Å². The van der Waals surface area contributed by atoms with Gasteiger partial charge in [0.2, 0.25) is 0 Å². The third-order valence-corrected chi connectivity index (χ3v) is 7.98. The average Bonchev–Trinajstić information content (AvgIpc) is 3.75. The van der Waals surface area contributed by atoms with Crippen molar-refractivity contribution in [3.8, 4) is 28.1 Å². The summed E-state index contributed by atoms with van der Waals surface area (Å²) < 4.78 is 3.34. The van der Waals surface area contributed by atoms with Crippen LogP contribution in [0.5, 0.6) is 0 Å². The van der Waals surface area contributed by atoms with Crippen LogP contribution < -0.4 is 10.9 Å². The van der Waals surface area contributed by atoms with Crippen molar-refractivity contribution in [2.75, 3.05) is 5.32 Å². The molecule has 11 nitrogen and oxygen atoms in total. The van der Waals surface area contributed by atoms with Crippen LogP contribution in [0.2, 0.25) is 5.02 Å². The number of nitrogens with zero attached hydrogens (tertiary/aromatic N) is 6. The fraction of sp³-hybridized carbons (Fsp3) is 0.267.